The summed E-state index contributed by atoms with van der Waals surface area (Å²) in [6.07, 6.45) is 1.84. The number of rotatable bonds is 5. The second kappa shape index (κ2) is 7.31. The first-order valence-electron chi connectivity index (χ1n) is 6.52. The molecule has 5 heteroatoms. The van der Waals surface area contributed by atoms with E-state index in [2.05, 4.69) is 21.2 Å². The predicted octanol–water partition coefficient (Wildman–Crippen LogP) is 4.54. The highest BCUT2D eigenvalue weighted by atomic mass is 79.9. The van der Waals surface area contributed by atoms with Crippen LogP contribution in [0.4, 0.5) is 14.5 Å². The molecule has 0 bridgehead atoms. The number of benzene rings is 2. The Morgan fingerprint density at radius 3 is 2.43 bits per heavy atom. The van der Waals surface area contributed by atoms with Crippen molar-refractivity contribution in [2.24, 2.45) is 0 Å². The second-order valence-electron chi connectivity index (χ2n) is 4.54. The smallest absolute Gasteiger partial charge is 0.261 e. The molecule has 2 aromatic carbocycles. The van der Waals surface area contributed by atoms with Crippen molar-refractivity contribution in [1.29, 1.82) is 0 Å². The fraction of sp³-hybridized carbons (Fsp3) is 0.188. The number of amides is 1. The molecule has 0 heterocycles. The zero-order valence-corrected chi connectivity index (χ0v) is 12.8. The summed E-state index contributed by atoms with van der Waals surface area (Å²) in [7, 11) is 0. The first-order valence-corrected chi connectivity index (χ1v) is 7.64. The molecule has 0 saturated heterocycles. The summed E-state index contributed by atoms with van der Waals surface area (Å²) in [6.45, 7) is 0. The van der Waals surface area contributed by atoms with Crippen LogP contribution in [0.15, 0.2) is 42.5 Å². The Kier molecular flexibility index (Phi) is 5.44. The molecule has 110 valence electrons. The van der Waals surface area contributed by atoms with Crippen molar-refractivity contribution in [3.05, 3.63) is 65.2 Å². The van der Waals surface area contributed by atoms with Gasteiger partial charge in [-0.1, -0.05) is 34.1 Å². The lowest BCUT2D eigenvalue weighted by Crippen LogP contribution is -2.15. The first-order chi connectivity index (χ1) is 10.1. The van der Waals surface area contributed by atoms with Gasteiger partial charge in [-0.05, 0) is 42.7 Å². The van der Waals surface area contributed by atoms with E-state index in [1.165, 1.54) is 6.07 Å². The third kappa shape index (κ3) is 4.11. The van der Waals surface area contributed by atoms with Gasteiger partial charge in [0, 0.05) is 11.0 Å². The standard InChI is InChI=1S/C16H14BrF2NO/c17-9-3-5-11-4-1-6-12(10-11)20-16(21)15-13(18)7-2-8-14(15)19/h1-2,4,6-8,10H,3,5,9H2,(H,20,21). The fourth-order valence-corrected chi connectivity index (χ4v) is 2.26. The van der Waals surface area contributed by atoms with Crippen LogP contribution < -0.4 is 5.32 Å². The van der Waals surface area contributed by atoms with Gasteiger partial charge >= 0.3 is 0 Å². The number of carbonyl (C=O) groups excluding carboxylic acids is 1. The van der Waals surface area contributed by atoms with E-state index >= 15 is 0 Å². The van der Waals surface area contributed by atoms with E-state index in [1.54, 1.807) is 18.2 Å². The Hall–Kier alpha value is -1.75. The van der Waals surface area contributed by atoms with Crippen LogP contribution >= 0.6 is 15.9 Å². The molecule has 0 aromatic heterocycles. The summed E-state index contributed by atoms with van der Waals surface area (Å²) in [5, 5.41) is 3.42. The number of hydrogen-bond donors (Lipinski definition) is 1. The molecular weight excluding hydrogens is 340 g/mol. The minimum atomic E-state index is -0.872. The quantitative estimate of drug-likeness (QED) is 0.785. The van der Waals surface area contributed by atoms with Crippen molar-refractivity contribution in [2.45, 2.75) is 12.8 Å². The molecule has 1 amide bonds. The van der Waals surface area contributed by atoms with Gasteiger partial charge in [-0.25, -0.2) is 8.78 Å². The number of nitrogens with one attached hydrogen (secondary N) is 1. The van der Waals surface area contributed by atoms with Gasteiger partial charge in [0.25, 0.3) is 5.91 Å². The number of aryl methyl sites for hydroxylation is 1. The molecule has 0 aliphatic rings. The maximum Gasteiger partial charge on any atom is 0.261 e. The Morgan fingerprint density at radius 2 is 1.76 bits per heavy atom. The highest BCUT2D eigenvalue weighted by Gasteiger charge is 2.17. The molecule has 0 saturated carbocycles. The normalized spacial score (nSPS) is 10.4. The fourth-order valence-electron chi connectivity index (χ4n) is 1.98. The summed E-state index contributed by atoms with van der Waals surface area (Å²) in [4.78, 5) is 12.0. The zero-order chi connectivity index (χ0) is 15.2. The summed E-state index contributed by atoms with van der Waals surface area (Å²) < 4.78 is 27.1. The molecule has 0 fully saturated rings. The van der Waals surface area contributed by atoms with Crippen LogP contribution in [-0.2, 0) is 6.42 Å². The van der Waals surface area contributed by atoms with Gasteiger partial charge in [0.1, 0.15) is 17.2 Å². The van der Waals surface area contributed by atoms with Gasteiger partial charge in [0.15, 0.2) is 0 Å². The Balaban J connectivity index is 2.16. The average molecular weight is 354 g/mol. The van der Waals surface area contributed by atoms with Crippen LogP contribution in [-0.4, -0.2) is 11.2 Å². The number of alkyl halides is 1. The predicted molar refractivity (Wildman–Crippen MR) is 82.9 cm³/mol. The number of anilines is 1. The minimum absolute atomic E-state index is 0.523. The second-order valence-corrected chi connectivity index (χ2v) is 5.34. The molecular formula is C16H14BrF2NO. The van der Waals surface area contributed by atoms with Gasteiger partial charge in [-0.15, -0.1) is 0 Å². The number of carbonyl (C=O) groups is 1. The summed E-state index contributed by atoms with van der Waals surface area (Å²) >= 11 is 3.36. The lowest BCUT2D eigenvalue weighted by atomic mass is 10.1. The van der Waals surface area contributed by atoms with E-state index in [0.717, 1.165) is 35.9 Å². The van der Waals surface area contributed by atoms with Crippen molar-refractivity contribution in [1.82, 2.24) is 0 Å². The van der Waals surface area contributed by atoms with Gasteiger partial charge < -0.3 is 5.32 Å². The van der Waals surface area contributed by atoms with Crippen molar-refractivity contribution in [3.63, 3.8) is 0 Å². The summed E-state index contributed by atoms with van der Waals surface area (Å²) in [5.74, 6) is -2.53. The van der Waals surface area contributed by atoms with Crippen LogP contribution in [0.1, 0.15) is 22.3 Å². The van der Waals surface area contributed by atoms with E-state index in [-0.39, 0.29) is 0 Å². The van der Waals surface area contributed by atoms with E-state index in [1.807, 2.05) is 6.07 Å². The molecule has 2 nitrogen and oxygen atoms in total. The first kappa shape index (κ1) is 15.6. The molecule has 0 aliphatic heterocycles. The van der Waals surface area contributed by atoms with Crippen molar-refractivity contribution >= 4 is 27.5 Å². The van der Waals surface area contributed by atoms with Crippen LogP contribution in [0.2, 0.25) is 0 Å². The zero-order valence-electron chi connectivity index (χ0n) is 11.2. The monoisotopic (exact) mass is 353 g/mol. The number of halogens is 3. The number of hydrogen-bond acceptors (Lipinski definition) is 1. The van der Waals surface area contributed by atoms with Crippen molar-refractivity contribution in [3.8, 4) is 0 Å². The molecule has 21 heavy (non-hydrogen) atoms. The third-order valence-electron chi connectivity index (χ3n) is 2.97. The van der Waals surface area contributed by atoms with E-state index in [4.69, 9.17) is 0 Å². The van der Waals surface area contributed by atoms with Crippen LogP contribution in [0.3, 0.4) is 0 Å². The Labute approximate surface area is 130 Å². The van der Waals surface area contributed by atoms with Gasteiger partial charge in [0.05, 0.1) is 0 Å². The van der Waals surface area contributed by atoms with Crippen LogP contribution in [0, 0.1) is 11.6 Å². The van der Waals surface area contributed by atoms with Crippen molar-refractivity contribution < 1.29 is 13.6 Å². The van der Waals surface area contributed by atoms with Gasteiger partial charge in [-0.3, -0.25) is 4.79 Å². The Morgan fingerprint density at radius 1 is 1.10 bits per heavy atom. The molecule has 0 radical (unpaired) electrons. The largest absolute Gasteiger partial charge is 0.322 e. The molecule has 1 N–H and O–H groups in total. The molecule has 0 aliphatic carbocycles. The van der Waals surface area contributed by atoms with Crippen LogP contribution in [0.25, 0.3) is 0 Å². The average Bonchev–Trinajstić information content (AvgIpc) is 2.45. The molecule has 2 aromatic rings. The SMILES string of the molecule is O=C(Nc1cccc(CCCBr)c1)c1c(F)cccc1F. The van der Waals surface area contributed by atoms with E-state index in [9.17, 15) is 13.6 Å². The highest BCUT2D eigenvalue weighted by molar-refractivity contribution is 9.09. The van der Waals surface area contributed by atoms with Gasteiger partial charge in [-0.2, -0.15) is 0 Å². The lowest BCUT2D eigenvalue weighted by Gasteiger charge is -2.08. The van der Waals surface area contributed by atoms with Crippen molar-refractivity contribution in [2.75, 3.05) is 10.6 Å². The molecule has 0 spiro atoms. The highest BCUT2D eigenvalue weighted by Crippen LogP contribution is 2.17. The molecule has 0 atom stereocenters. The van der Waals surface area contributed by atoms with E-state index in [0.29, 0.717) is 5.69 Å². The van der Waals surface area contributed by atoms with Crippen LogP contribution in [0.5, 0.6) is 0 Å². The maximum atomic E-state index is 13.5. The summed E-state index contributed by atoms with van der Waals surface area (Å²) in [6, 6.07) is 10.6. The minimum Gasteiger partial charge on any atom is -0.322 e. The van der Waals surface area contributed by atoms with Gasteiger partial charge in [0.2, 0.25) is 0 Å². The lowest BCUT2D eigenvalue weighted by molar-refractivity contribution is 0.101. The molecule has 2 rings (SSSR count). The molecule has 0 unspecified atom stereocenters. The summed E-state index contributed by atoms with van der Waals surface area (Å²) in [5.41, 5.74) is 1.01. The third-order valence-corrected chi connectivity index (χ3v) is 3.53. The Bertz CT molecular complexity index is 626. The topological polar surface area (TPSA) is 29.1 Å². The maximum absolute atomic E-state index is 13.5. The van der Waals surface area contributed by atoms with E-state index < -0.39 is 23.1 Å².